The van der Waals surface area contributed by atoms with E-state index in [4.69, 9.17) is 22.1 Å². The molecule has 0 radical (unpaired) electrons. The van der Waals surface area contributed by atoms with E-state index in [-0.39, 0.29) is 45.8 Å². The molecule has 0 aliphatic heterocycles. The molecule has 10 nitrogen and oxygen atoms in total. The fourth-order valence-corrected chi connectivity index (χ4v) is 16.4. The van der Waals surface area contributed by atoms with E-state index in [1.54, 1.807) is 39.0 Å². The van der Waals surface area contributed by atoms with Gasteiger partial charge in [0.15, 0.2) is 42.2 Å². The van der Waals surface area contributed by atoms with Gasteiger partial charge < -0.3 is 22.1 Å². The van der Waals surface area contributed by atoms with E-state index in [1.165, 1.54) is 49.4 Å². The van der Waals surface area contributed by atoms with E-state index in [0.717, 1.165) is 112 Å². The lowest BCUT2D eigenvalue weighted by atomic mass is 9.97. The highest BCUT2D eigenvalue weighted by atomic mass is 19.2. The van der Waals surface area contributed by atoms with E-state index in [0.29, 0.717) is 98.9 Å². The van der Waals surface area contributed by atoms with Crippen molar-refractivity contribution in [2.45, 2.75) is 69.2 Å². The number of halogens is 9. The average Bonchev–Trinajstić information content (AvgIpc) is 1.51. The topological polar surface area (TPSA) is 85.1 Å². The quantitative estimate of drug-likeness (QED) is 0.127. The third-order valence-corrected chi connectivity index (χ3v) is 22.6. The second-order valence-corrected chi connectivity index (χ2v) is 30.5. The molecule has 0 amide bonds. The molecule has 0 bridgehead atoms. The van der Waals surface area contributed by atoms with Gasteiger partial charge in [-0.05, 0) is 181 Å². The second kappa shape index (κ2) is 31.1. The van der Waals surface area contributed by atoms with Crippen LogP contribution in [-0.4, -0.2) is 0 Å². The van der Waals surface area contributed by atoms with Crippen molar-refractivity contribution in [1.82, 2.24) is 0 Å². The first-order valence-corrected chi connectivity index (χ1v) is 38.6. The Morgan fingerprint density at radius 3 is 1.08 bits per heavy atom. The monoisotopic (exact) mass is 1600 g/mol. The van der Waals surface area contributed by atoms with Crippen LogP contribution in [0.25, 0.3) is 166 Å². The van der Waals surface area contributed by atoms with Crippen LogP contribution in [0.2, 0.25) is 0 Å². The lowest BCUT2D eigenvalue weighted by molar-refractivity contribution is -0.660. The summed E-state index contributed by atoms with van der Waals surface area (Å²) in [5, 5.41) is 6.01. The highest BCUT2D eigenvalue weighted by molar-refractivity contribution is 6.15. The first kappa shape index (κ1) is 79.2. The zero-order valence-electron chi connectivity index (χ0n) is 68.0. The van der Waals surface area contributed by atoms with Gasteiger partial charge in [0.25, 0.3) is 0 Å². The minimum Gasteiger partial charge on any atom is -0.455 e. The van der Waals surface area contributed by atoms with Crippen LogP contribution in [0, 0.1) is 122 Å². The van der Waals surface area contributed by atoms with Gasteiger partial charge in [-0.2, -0.15) is 0 Å². The van der Waals surface area contributed by atoms with Crippen molar-refractivity contribution in [3.63, 3.8) is 0 Å². The van der Waals surface area contributed by atoms with Gasteiger partial charge in [0.2, 0.25) is 28.5 Å². The Labute approximate surface area is 678 Å². The molecule has 0 spiro atoms. The smallest absolute Gasteiger partial charge is 0.216 e. The summed E-state index contributed by atoms with van der Waals surface area (Å²) in [5.74, 6) is -4.04. The fourth-order valence-electron chi connectivity index (χ4n) is 16.4. The van der Waals surface area contributed by atoms with Crippen LogP contribution in [-0.2, 0) is 35.2 Å². The van der Waals surface area contributed by atoms with Crippen LogP contribution in [0.15, 0.2) is 241 Å². The Bertz CT molecular complexity index is 7550. The lowest BCUT2D eigenvalue weighted by Gasteiger charge is -2.07. The predicted octanol–water partition coefficient (Wildman–Crippen LogP) is 24.7. The molecule has 10 aromatic carbocycles. The zero-order chi connectivity index (χ0) is 84.2. The summed E-state index contributed by atoms with van der Waals surface area (Å²) in [5.41, 5.74) is 21.1. The molecule has 10 aromatic heterocycles. The summed E-state index contributed by atoms with van der Waals surface area (Å²) in [6.45, 7) is 18.2. The highest BCUT2D eigenvalue weighted by Crippen LogP contribution is 2.46. The summed E-state index contributed by atoms with van der Waals surface area (Å²) in [7, 11) is 9.76. The molecule has 594 valence electrons. The van der Waals surface area contributed by atoms with E-state index < -0.39 is 23.3 Å². The third kappa shape index (κ3) is 13.8. The maximum Gasteiger partial charge on any atom is 0.216 e. The number of rotatable bonds is 5. The summed E-state index contributed by atoms with van der Waals surface area (Å²) < 4.78 is 167. The first-order valence-electron chi connectivity index (χ1n) is 38.6. The molecule has 19 heteroatoms. The van der Waals surface area contributed by atoms with Gasteiger partial charge in [-0.3, -0.25) is 0 Å². The molecular formula is C100H81F9N5O5+5. The molecule has 10 heterocycles. The van der Waals surface area contributed by atoms with Crippen molar-refractivity contribution in [3.8, 4) is 56.3 Å². The van der Waals surface area contributed by atoms with E-state index in [1.807, 2.05) is 221 Å². The van der Waals surface area contributed by atoms with E-state index >= 15 is 0 Å². The first-order chi connectivity index (χ1) is 57.0. The number of aromatic nitrogens is 5. The van der Waals surface area contributed by atoms with Crippen LogP contribution in [0.4, 0.5) is 39.5 Å². The Morgan fingerprint density at radius 1 is 0.218 bits per heavy atom. The van der Waals surface area contributed by atoms with Crippen molar-refractivity contribution < 1.29 is 84.4 Å². The van der Waals surface area contributed by atoms with Crippen molar-refractivity contribution in [2.24, 2.45) is 35.2 Å². The minimum atomic E-state index is -0.598. The number of benzene rings is 10. The molecule has 20 aromatic rings. The largest absolute Gasteiger partial charge is 0.455 e. The van der Waals surface area contributed by atoms with E-state index in [9.17, 15) is 39.5 Å². The Morgan fingerprint density at radius 2 is 0.580 bits per heavy atom. The van der Waals surface area contributed by atoms with Gasteiger partial charge in [0, 0.05) is 134 Å². The van der Waals surface area contributed by atoms with Crippen LogP contribution in [0.3, 0.4) is 0 Å². The predicted molar refractivity (Wildman–Crippen MR) is 449 cm³/mol. The maximum atomic E-state index is 14.7. The van der Waals surface area contributed by atoms with Crippen LogP contribution in [0.1, 0.15) is 55.6 Å². The number of furan rings is 5. The number of fused-ring (bicyclic) bond motifs is 15. The van der Waals surface area contributed by atoms with Gasteiger partial charge in [0.1, 0.15) is 132 Å². The molecule has 0 aliphatic carbocycles. The van der Waals surface area contributed by atoms with Crippen LogP contribution < -0.4 is 22.8 Å². The summed E-state index contributed by atoms with van der Waals surface area (Å²) in [4.78, 5) is 0. The molecular weight excluding hydrogens is 1520 g/mol. The SMILES string of the molecule is Cc1cc(C)c2c(oc3cc(F)ccc32)c1-c1cccc[n+]1C.Cc1cc(F)c2c(oc3c(C)c(F)ccc32)c1-c1cccc[n+]1C.Cc1cc2c(cc1F)oc1c(-c3cccc[n+]3C)c(C)cc(F)c12.Cc1ccc2c(oc3c(C)c(F)cc(F)c32)c1-c1cccc[n+]1C.Cc1ccc2c(oc3cc(F)c(C)c(F)c32)c1-c1cccc[n+]1C. The van der Waals surface area contributed by atoms with Gasteiger partial charge in [0.05, 0.1) is 49.4 Å². The third-order valence-electron chi connectivity index (χ3n) is 22.6. The summed E-state index contributed by atoms with van der Waals surface area (Å²) in [6, 6.07) is 55.0. The van der Waals surface area contributed by atoms with Gasteiger partial charge in [-0.25, -0.2) is 62.3 Å². The maximum absolute atomic E-state index is 14.7. The molecule has 0 unspecified atom stereocenters. The molecule has 20 rings (SSSR count). The molecule has 0 saturated carbocycles. The standard InChI is InChI=1S/4C20H16F2NO.C20H17FNO/c1-11-10-15(22)18-13-7-8-14(21)12(2)19(13)24-20(18)17(11)16-6-4-5-9-23(16)3;1-11-7-8-13-18-15(22)10-14(21)12(2)19(18)24-20(13)17(11)16-6-4-5-9-23(16)3;1-11-7-8-13-18-16(10-14(21)12(2)19(18)22)24-20(13)17(11)15-6-4-5-9-23(15)3;1-11-8-13-17(10-14(11)21)24-20-18(12(2)9-15(22)19(13)20)16-6-4-5-7-23(16)3;1-12-10-13(2)19(16-6-4-5-9-22(16)3)20-18(12)15-8-7-14(21)11-17(15)23-20/h4*4-10H,1-3H3;4-11H,1-3H3/q5*+1. The second-order valence-electron chi connectivity index (χ2n) is 30.5. The van der Waals surface area contributed by atoms with Gasteiger partial charge in [-0.1, -0.05) is 30.3 Å². The average molecular weight is 1600 g/mol. The molecule has 0 atom stereocenters. The number of pyridine rings is 5. The molecule has 119 heavy (non-hydrogen) atoms. The Kier molecular flexibility index (Phi) is 20.7. The molecule has 0 N–H and O–H groups in total. The van der Waals surface area contributed by atoms with Crippen molar-refractivity contribution in [1.29, 1.82) is 0 Å². The summed E-state index contributed by atoms with van der Waals surface area (Å²) >= 11 is 0. The highest BCUT2D eigenvalue weighted by Gasteiger charge is 2.30. The van der Waals surface area contributed by atoms with E-state index in [2.05, 4.69) is 30.5 Å². The van der Waals surface area contributed by atoms with Crippen molar-refractivity contribution in [3.05, 3.63) is 327 Å². The molecule has 0 saturated heterocycles. The molecule has 0 aliphatic rings. The van der Waals surface area contributed by atoms with Crippen LogP contribution in [0.5, 0.6) is 0 Å². The minimum absolute atomic E-state index is 0.0117. The van der Waals surface area contributed by atoms with Crippen molar-refractivity contribution >= 4 is 110 Å². The normalized spacial score (nSPS) is 11.5. The Hall–Kier alpha value is -13.7. The summed E-state index contributed by atoms with van der Waals surface area (Å²) in [6.07, 6.45) is 9.76. The van der Waals surface area contributed by atoms with Crippen molar-refractivity contribution in [2.75, 3.05) is 0 Å². The lowest BCUT2D eigenvalue weighted by Crippen LogP contribution is -2.30. The number of aryl methyl sites for hydroxylation is 14. The Balaban J connectivity index is 0.000000111. The van der Waals surface area contributed by atoms with Gasteiger partial charge in [-0.15, -0.1) is 0 Å². The zero-order valence-corrected chi connectivity index (χ0v) is 68.0. The van der Waals surface area contributed by atoms with Crippen LogP contribution >= 0.6 is 0 Å². The number of hydrogen-bond donors (Lipinski definition) is 0. The number of nitrogens with zero attached hydrogens (tertiary/aromatic N) is 5. The molecule has 0 fully saturated rings. The number of hydrogen-bond acceptors (Lipinski definition) is 5. The fraction of sp³-hybridized carbons (Fsp3) is 0.150. The van der Waals surface area contributed by atoms with Gasteiger partial charge >= 0.3 is 0 Å².